The van der Waals surface area contributed by atoms with E-state index in [4.69, 9.17) is 5.26 Å². The number of nitrogens with zero attached hydrogens (tertiary/aromatic N) is 3. The Balaban J connectivity index is 2.51. The van der Waals surface area contributed by atoms with Gasteiger partial charge in [0.05, 0.1) is 12.0 Å². The first-order valence-electron chi connectivity index (χ1n) is 4.15. The van der Waals surface area contributed by atoms with Crippen molar-refractivity contribution < 1.29 is 0 Å². The van der Waals surface area contributed by atoms with Crippen molar-refractivity contribution in [3.63, 3.8) is 0 Å². The Bertz CT molecular complexity index is 316. The van der Waals surface area contributed by atoms with E-state index in [1.54, 1.807) is 6.20 Å². The van der Waals surface area contributed by atoms with Crippen LogP contribution in [0.1, 0.15) is 12.6 Å². The zero-order valence-corrected chi connectivity index (χ0v) is 7.78. The van der Waals surface area contributed by atoms with Crippen molar-refractivity contribution in [1.82, 2.24) is 9.97 Å². The highest BCUT2D eigenvalue weighted by atomic mass is 15.1. The lowest BCUT2D eigenvalue weighted by Crippen LogP contribution is -2.11. The molecule has 0 radical (unpaired) electrons. The molecule has 1 heterocycles. The highest BCUT2D eigenvalue weighted by molar-refractivity contribution is 5.24. The molecule has 68 valence electrons. The Morgan fingerprint density at radius 1 is 1.69 bits per heavy atom. The molecule has 0 aliphatic carbocycles. The lowest BCUT2D eigenvalue weighted by molar-refractivity contribution is 0.777. The molecule has 1 N–H and O–H groups in total. The molecule has 1 rings (SSSR count). The summed E-state index contributed by atoms with van der Waals surface area (Å²) in [6.07, 6.45) is 1.70. The van der Waals surface area contributed by atoms with Crippen molar-refractivity contribution in [1.29, 1.82) is 5.26 Å². The number of hydrogen-bond acceptors (Lipinski definition) is 4. The molecule has 0 amide bonds. The first-order chi connectivity index (χ1) is 6.22. The highest BCUT2D eigenvalue weighted by Gasteiger charge is 2.00. The van der Waals surface area contributed by atoms with Gasteiger partial charge in [0.1, 0.15) is 0 Å². The van der Waals surface area contributed by atoms with E-state index >= 15 is 0 Å². The Labute approximate surface area is 77.6 Å². The molecule has 4 heteroatoms. The van der Waals surface area contributed by atoms with Crippen molar-refractivity contribution in [3.05, 3.63) is 18.0 Å². The zero-order valence-electron chi connectivity index (χ0n) is 7.78. The molecule has 0 aliphatic rings. The van der Waals surface area contributed by atoms with Crippen LogP contribution in [0.2, 0.25) is 0 Å². The van der Waals surface area contributed by atoms with E-state index in [-0.39, 0.29) is 5.92 Å². The summed E-state index contributed by atoms with van der Waals surface area (Å²) < 4.78 is 0. The van der Waals surface area contributed by atoms with Crippen LogP contribution >= 0.6 is 0 Å². The molecular formula is C9H12N4. The van der Waals surface area contributed by atoms with E-state index in [0.717, 1.165) is 5.69 Å². The molecule has 0 spiro atoms. The number of rotatable bonds is 3. The van der Waals surface area contributed by atoms with Gasteiger partial charge in [-0.05, 0) is 19.9 Å². The quantitative estimate of drug-likeness (QED) is 0.755. The Kier molecular flexibility index (Phi) is 3.21. The predicted octanol–water partition coefficient (Wildman–Crippen LogP) is 1.36. The van der Waals surface area contributed by atoms with E-state index in [0.29, 0.717) is 12.5 Å². The average molecular weight is 176 g/mol. The first-order valence-corrected chi connectivity index (χ1v) is 4.15. The molecule has 1 atom stereocenters. The molecule has 0 aromatic carbocycles. The van der Waals surface area contributed by atoms with Crippen LogP contribution in [0.4, 0.5) is 5.95 Å². The van der Waals surface area contributed by atoms with Gasteiger partial charge in [0.2, 0.25) is 5.95 Å². The van der Waals surface area contributed by atoms with Gasteiger partial charge in [-0.15, -0.1) is 0 Å². The van der Waals surface area contributed by atoms with Crippen LogP contribution < -0.4 is 5.32 Å². The van der Waals surface area contributed by atoms with Crippen molar-refractivity contribution in [3.8, 4) is 6.07 Å². The van der Waals surface area contributed by atoms with Crippen LogP contribution in [0.3, 0.4) is 0 Å². The first kappa shape index (κ1) is 9.46. The van der Waals surface area contributed by atoms with E-state index in [1.165, 1.54) is 0 Å². The SMILES string of the molecule is Cc1ccnc(NCC(C)C#N)n1. The Hall–Kier alpha value is -1.63. The third-order valence-electron chi connectivity index (χ3n) is 1.58. The maximum absolute atomic E-state index is 8.54. The summed E-state index contributed by atoms with van der Waals surface area (Å²) in [6.45, 7) is 4.34. The van der Waals surface area contributed by atoms with Gasteiger partial charge in [-0.25, -0.2) is 9.97 Å². The predicted molar refractivity (Wildman–Crippen MR) is 50.0 cm³/mol. The van der Waals surface area contributed by atoms with Crippen molar-refractivity contribution >= 4 is 5.95 Å². The summed E-state index contributed by atoms with van der Waals surface area (Å²) in [5.41, 5.74) is 0.919. The monoisotopic (exact) mass is 176 g/mol. The van der Waals surface area contributed by atoms with Gasteiger partial charge in [0.25, 0.3) is 0 Å². The van der Waals surface area contributed by atoms with E-state index in [9.17, 15) is 0 Å². The molecule has 0 bridgehead atoms. The van der Waals surface area contributed by atoms with Crippen molar-refractivity contribution in [2.24, 2.45) is 5.92 Å². The maximum Gasteiger partial charge on any atom is 0.222 e. The van der Waals surface area contributed by atoms with Crippen molar-refractivity contribution in [2.75, 3.05) is 11.9 Å². The molecule has 1 aromatic rings. The van der Waals surface area contributed by atoms with Gasteiger partial charge in [0.15, 0.2) is 0 Å². The van der Waals surface area contributed by atoms with Crippen LogP contribution in [-0.2, 0) is 0 Å². The normalized spacial score (nSPS) is 11.8. The summed E-state index contributed by atoms with van der Waals surface area (Å²) in [4.78, 5) is 8.16. The molecule has 0 saturated heterocycles. The molecular weight excluding hydrogens is 164 g/mol. The summed E-state index contributed by atoms with van der Waals surface area (Å²) in [6, 6.07) is 3.96. The number of aromatic nitrogens is 2. The summed E-state index contributed by atoms with van der Waals surface area (Å²) in [7, 11) is 0. The van der Waals surface area contributed by atoms with Crippen LogP contribution in [0.25, 0.3) is 0 Å². The third kappa shape index (κ3) is 3.08. The minimum Gasteiger partial charge on any atom is -0.353 e. The van der Waals surface area contributed by atoms with Crippen LogP contribution in [0, 0.1) is 24.2 Å². The molecule has 1 aromatic heterocycles. The largest absolute Gasteiger partial charge is 0.353 e. The van der Waals surface area contributed by atoms with Crippen LogP contribution in [0.15, 0.2) is 12.3 Å². The Morgan fingerprint density at radius 2 is 2.46 bits per heavy atom. The molecule has 0 aliphatic heterocycles. The summed E-state index contributed by atoms with van der Waals surface area (Å²) in [5, 5.41) is 11.5. The van der Waals surface area contributed by atoms with Crippen LogP contribution in [-0.4, -0.2) is 16.5 Å². The number of aryl methyl sites for hydroxylation is 1. The molecule has 0 saturated carbocycles. The highest BCUT2D eigenvalue weighted by Crippen LogP contribution is 2.00. The fraction of sp³-hybridized carbons (Fsp3) is 0.444. The second-order valence-corrected chi connectivity index (χ2v) is 2.93. The lowest BCUT2D eigenvalue weighted by Gasteiger charge is -2.05. The van der Waals surface area contributed by atoms with E-state index < -0.39 is 0 Å². The standard InChI is InChI=1S/C9H12N4/c1-7(5-10)6-12-9-11-4-3-8(2)13-9/h3-4,7H,6H2,1-2H3,(H,11,12,13). The molecule has 0 fully saturated rings. The third-order valence-corrected chi connectivity index (χ3v) is 1.58. The summed E-state index contributed by atoms with van der Waals surface area (Å²) in [5.74, 6) is 0.561. The topological polar surface area (TPSA) is 61.6 Å². The second-order valence-electron chi connectivity index (χ2n) is 2.93. The van der Waals surface area contributed by atoms with Gasteiger partial charge in [-0.2, -0.15) is 5.26 Å². The summed E-state index contributed by atoms with van der Waals surface area (Å²) >= 11 is 0. The van der Waals surface area contributed by atoms with Gasteiger partial charge in [-0.1, -0.05) is 0 Å². The van der Waals surface area contributed by atoms with Gasteiger partial charge in [-0.3, -0.25) is 0 Å². The molecule has 13 heavy (non-hydrogen) atoms. The van der Waals surface area contributed by atoms with Gasteiger partial charge in [0, 0.05) is 18.4 Å². The molecule has 4 nitrogen and oxygen atoms in total. The Morgan fingerprint density at radius 3 is 3.08 bits per heavy atom. The zero-order chi connectivity index (χ0) is 9.68. The number of nitriles is 1. The second kappa shape index (κ2) is 4.41. The van der Waals surface area contributed by atoms with E-state index in [1.807, 2.05) is 19.9 Å². The minimum atomic E-state index is -0.0240. The van der Waals surface area contributed by atoms with E-state index in [2.05, 4.69) is 21.4 Å². The smallest absolute Gasteiger partial charge is 0.222 e. The van der Waals surface area contributed by atoms with Gasteiger partial charge < -0.3 is 5.32 Å². The average Bonchev–Trinajstić information content (AvgIpc) is 2.14. The fourth-order valence-electron chi connectivity index (χ4n) is 0.824. The van der Waals surface area contributed by atoms with Crippen molar-refractivity contribution in [2.45, 2.75) is 13.8 Å². The minimum absolute atomic E-state index is 0.0240. The van der Waals surface area contributed by atoms with Gasteiger partial charge >= 0.3 is 0 Å². The number of anilines is 1. The lowest BCUT2D eigenvalue weighted by atomic mass is 10.2. The van der Waals surface area contributed by atoms with Crippen LogP contribution in [0.5, 0.6) is 0 Å². The fourth-order valence-corrected chi connectivity index (χ4v) is 0.824. The molecule has 1 unspecified atom stereocenters. The maximum atomic E-state index is 8.54. The number of nitrogens with one attached hydrogen (secondary N) is 1. The number of hydrogen-bond donors (Lipinski definition) is 1.